The van der Waals surface area contributed by atoms with Crippen molar-refractivity contribution in [3.8, 4) is 11.5 Å². The Balaban J connectivity index is 2.36. The van der Waals surface area contributed by atoms with E-state index in [0.29, 0.717) is 35.3 Å². The van der Waals surface area contributed by atoms with Crippen LogP contribution < -0.4 is 9.47 Å². The summed E-state index contributed by atoms with van der Waals surface area (Å²) < 4.78 is 10.6. The summed E-state index contributed by atoms with van der Waals surface area (Å²) in [6, 6.07) is 3.23. The number of rotatable bonds is 2. The van der Waals surface area contributed by atoms with Crippen LogP contribution in [0.2, 0.25) is 5.02 Å². The summed E-state index contributed by atoms with van der Waals surface area (Å²) in [5.74, 6) is 0.116. The van der Waals surface area contributed by atoms with Gasteiger partial charge in [0.05, 0.1) is 11.4 Å². The van der Waals surface area contributed by atoms with E-state index < -0.39 is 5.97 Å². The van der Waals surface area contributed by atoms with Crippen LogP contribution in [0.1, 0.15) is 5.56 Å². The molecule has 80 valence electrons. The summed E-state index contributed by atoms with van der Waals surface area (Å²) in [4.78, 5) is 10.5. The fourth-order valence-electron chi connectivity index (χ4n) is 1.44. The first-order chi connectivity index (χ1) is 7.16. The zero-order valence-electron chi connectivity index (χ0n) is 7.83. The van der Waals surface area contributed by atoms with Crippen molar-refractivity contribution in [3.05, 3.63) is 22.7 Å². The Morgan fingerprint density at radius 2 is 2.13 bits per heavy atom. The highest BCUT2D eigenvalue weighted by molar-refractivity contribution is 6.32. The normalized spacial score (nSPS) is 13.7. The molecule has 0 radical (unpaired) electrons. The topological polar surface area (TPSA) is 55.8 Å². The number of carboxylic acid groups (broad SMARTS) is 1. The number of ether oxygens (including phenoxy) is 2. The van der Waals surface area contributed by atoms with Crippen LogP contribution in [0.5, 0.6) is 11.5 Å². The van der Waals surface area contributed by atoms with Gasteiger partial charge in [-0.15, -0.1) is 0 Å². The van der Waals surface area contributed by atoms with Gasteiger partial charge in [-0.25, -0.2) is 0 Å². The van der Waals surface area contributed by atoms with Crippen LogP contribution in [0.3, 0.4) is 0 Å². The number of carbonyl (C=O) groups is 1. The quantitative estimate of drug-likeness (QED) is 0.838. The molecule has 1 heterocycles. The van der Waals surface area contributed by atoms with Gasteiger partial charge in [-0.05, 0) is 17.7 Å². The van der Waals surface area contributed by atoms with E-state index >= 15 is 0 Å². The number of hydrogen-bond acceptors (Lipinski definition) is 3. The van der Waals surface area contributed by atoms with Crippen LogP contribution >= 0.6 is 11.6 Å². The van der Waals surface area contributed by atoms with E-state index in [1.165, 1.54) is 0 Å². The summed E-state index contributed by atoms with van der Waals surface area (Å²) in [7, 11) is 0. The summed E-state index contributed by atoms with van der Waals surface area (Å²) in [6.07, 6.45) is -0.0731. The van der Waals surface area contributed by atoms with E-state index in [-0.39, 0.29) is 6.42 Å². The molecule has 1 aliphatic rings. The lowest BCUT2D eigenvalue weighted by Crippen LogP contribution is -2.16. The van der Waals surface area contributed by atoms with E-state index in [1.807, 2.05) is 0 Å². The Morgan fingerprint density at radius 3 is 2.87 bits per heavy atom. The van der Waals surface area contributed by atoms with Gasteiger partial charge in [0.15, 0.2) is 11.5 Å². The van der Waals surface area contributed by atoms with E-state index in [0.717, 1.165) is 0 Å². The first kappa shape index (κ1) is 10.1. The van der Waals surface area contributed by atoms with Crippen LogP contribution in [0, 0.1) is 0 Å². The van der Waals surface area contributed by atoms with E-state index in [9.17, 15) is 4.79 Å². The molecule has 0 aliphatic carbocycles. The standard InChI is InChI=1S/C10H9ClO4/c11-7-3-6(5-9(12)13)4-8-10(7)15-2-1-14-8/h3-4H,1-2,5H2,(H,12,13). The molecule has 1 N–H and O–H groups in total. The van der Waals surface area contributed by atoms with Gasteiger partial charge in [0, 0.05) is 0 Å². The molecule has 1 aromatic rings. The predicted octanol–water partition coefficient (Wildman–Crippen LogP) is 1.74. The smallest absolute Gasteiger partial charge is 0.307 e. The lowest BCUT2D eigenvalue weighted by Gasteiger charge is -2.19. The maximum Gasteiger partial charge on any atom is 0.307 e. The molecule has 0 unspecified atom stereocenters. The fourth-order valence-corrected chi connectivity index (χ4v) is 1.73. The lowest BCUT2D eigenvalue weighted by atomic mass is 10.1. The van der Waals surface area contributed by atoms with Gasteiger partial charge in [-0.1, -0.05) is 11.6 Å². The Bertz CT molecular complexity index is 403. The van der Waals surface area contributed by atoms with Crippen molar-refractivity contribution in [1.29, 1.82) is 0 Å². The number of halogens is 1. The predicted molar refractivity (Wildman–Crippen MR) is 53.8 cm³/mol. The molecule has 0 spiro atoms. The van der Waals surface area contributed by atoms with Gasteiger partial charge in [0.1, 0.15) is 13.2 Å². The van der Waals surface area contributed by atoms with Gasteiger partial charge in [0.2, 0.25) is 0 Å². The van der Waals surface area contributed by atoms with Crippen LogP contribution in [0.4, 0.5) is 0 Å². The SMILES string of the molecule is O=C(O)Cc1cc(Cl)c2c(c1)OCCO2. The monoisotopic (exact) mass is 228 g/mol. The molecule has 0 saturated heterocycles. The highest BCUT2D eigenvalue weighted by Gasteiger charge is 2.17. The molecular weight excluding hydrogens is 220 g/mol. The number of aliphatic carboxylic acids is 1. The molecule has 4 nitrogen and oxygen atoms in total. The summed E-state index contributed by atoms with van der Waals surface area (Å²) in [6.45, 7) is 0.921. The Hall–Kier alpha value is -1.42. The van der Waals surface area contributed by atoms with Gasteiger partial charge < -0.3 is 14.6 Å². The van der Waals surface area contributed by atoms with Crippen molar-refractivity contribution < 1.29 is 19.4 Å². The van der Waals surface area contributed by atoms with Crippen molar-refractivity contribution in [2.45, 2.75) is 6.42 Å². The molecule has 15 heavy (non-hydrogen) atoms. The molecule has 0 fully saturated rings. The van der Waals surface area contributed by atoms with Crippen molar-refractivity contribution in [2.24, 2.45) is 0 Å². The van der Waals surface area contributed by atoms with Crippen LogP contribution in [0.25, 0.3) is 0 Å². The molecule has 0 atom stereocenters. The lowest BCUT2D eigenvalue weighted by molar-refractivity contribution is -0.136. The zero-order valence-corrected chi connectivity index (χ0v) is 8.58. The Morgan fingerprint density at radius 1 is 1.40 bits per heavy atom. The average Bonchev–Trinajstić information content (AvgIpc) is 2.16. The molecule has 2 rings (SSSR count). The minimum Gasteiger partial charge on any atom is -0.486 e. The summed E-state index contributed by atoms with van der Waals surface area (Å²) in [5, 5.41) is 9.04. The first-order valence-corrected chi connectivity index (χ1v) is 4.84. The van der Waals surface area contributed by atoms with E-state index in [2.05, 4.69) is 0 Å². The average molecular weight is 229 g/mol. The minimum absolute atomic E-state index is 0.0731. The summed E-state index contributed by atoms with van der Waals surface area (Å²) >= 11 is 5.93. The molecular formula is C10H9ClO4. The number of benzene rings is 1. The van der Waals surface area contributed by atoms with Crippen LogP contribution in [-0.4, -0.2) is 24.3 Å². The van der Waals surface area contributed by atoms with Gasteiger partial charge >= 0.3 is 5.97 Å². The van der Waals surface area contributed by atoms with Crippen molar-refractivity contribution in [1.82, 2.24) is 0 Å². The number of hydrogen-bond donors (Lipinski definition) is 1. The second-order valence-electron chi connectivity index (χ2n) is 3.17. The summed E-state index contributed by atoms with van der Waals surface area (Å²) in [5.41, 5.74) is 0.608. The van der Waals surface area contributed by atoms with Crippen LogP contribution in [-0.2, 0) is 11.2 Å². The third kappa shape index (κ3) is 2.15. The van der Waals surface area contributed by atoms with Crippen molar-refractivity contribution >= 4 is 17.6 Å². The number of fused-ring (bicyclic) bond motifs is 1. The Kier molecular flexibility index (Phi) is 2.68. The third-order valence-corrected chi connectivity index (χ3v) is 2.29. The third-order valence-electron chi connectivity index (χ3n) is 2.01. The number of carboxylic acids is 1. The Labute approximate surface area is 91.4 Å². The zero-order chi connectivity index (χ0) is 10.8. The molecule has 5 heteroatoms. The van der Waals surface area contributed by atoms with Gasteiger partial charge in [-0.2, -0.15) is 0 Å². The second kappa shape index (κ2) is 3.98. The molecule has 0 saturated carbocycles. The van der Waals surface area contributed by atoms with Crippen molar-refractivity contribution in [3.63, 3.8) is 0 Å². The molecule has 1 aromatic carbocycles. The van der Waals surface area contributed by atoms with E-state index in [1.54, 1.807) is 12.1 Å². The second-order valence-corrected chi connectivity index (χ2v) is 3.58. The molecule has 0 amide bonds. The largest absolute Gasteiger partial charge is 0.486 e. The van der Waals surface area contributed by atoms with Crippen LogP contribution in [0.15, 0.2) is 12.1 Å². The first-order valence-electron chi connectivity index (χ1n) is 4.46. The minimum atomic E-state index is -0.900. The molecule has 1 aliphatic heterocycles. The highest BCUT2D eigenvalue weighted by atomic mass is 35.5. The van der Waals surface area contributed by atoms with E-state index in [4.69, 9.17) is 26.2 Å². The molecule has 0 aromatic heterocycles. The fraction of sp³-hybridized carbons (Fsp3) is 0.300. The van der Waals surface area contributed by atoms with Gasteiger partial charge in [-0.3, -0.25) is 4.79 Å². The highest BCUT2D eigenvalue weighted by Crippen LogP contribution is 2.38. The van der Waals surface area contributed by atoms with Gasteiger partial charge in [0.25, 0.3) is 0 Å². The maximum absolute atomic E-state index is 10.5. The molecule has 0 bridgehead atoms. The van der Waals surface area contributed by atoms with Crippen molar-refractivity contribution in [2.75, 3.05) is 13.2 Å². The maximum atomic E-state index is 10.5.